The highest BCUT2D eigenvalue weighted by atomic mass is 16.7. The summed E-state index contributed by atoms with van der Waals surface area (Å²) >= 11 is 0. The molecule has 2 aromatic heterocycles. The van der Waals surface area contributed by atoms with E-state index in [-0.39, 0.29) is 5.92 Å². The van der Waals surface area contributed by atoms with Crippen molar-refractivity contribution in [3.63, 3.8) is 0 Å². The average molecular weight is 322 g/mol. The van der Waals surface area contributed by atoms with Gasteiger partial charge < -0.3 is 5.73 Å². The van der Waals surface area contributed by atoms with Crippen LogP contribution in [0.5, 0.6) is 0 Å². The molecule has 2 heterocycles. The van der Waals surface area contributed by atoms with Gasteiger partial charge in [0.15, 0.2) is 0 Å². The summed E-state index contributed by atoms with van der Waals surface area (Å²) in [4.78, 5) is 15.7. The van der Waals surface area contributed by atoms with Gasteiger partial charge in [-0.25, -0.2) is 9.31 Å². The van der Waals surface area contributed by atoms with Crippen molar-refractivity contribution in [2.75, 3.05) is 0 Å². The van der Waals surface area contributed by atoms with Gasteiger partial charge in [-0.2, -0.15) is 5.10 Å². The summed E-state index contributed by atoms with van der Waals surface area (Å²) in [6, 6.07) is 15.6. The van der Waals surface area contributed by atoms with Gasteiger partial charge in [0.2, 0.25) is 0 Å². The fourth-order valence-electron chi connectivity index (χ4n) is 2.58. The molecule has 0 atom stereocenters. The van der Waals surface area contributed by atoms with Gasteiger partial charge in [0, 0.05) is 11.8 Å². The number of aromatic nitrogens is 2. The first-order valence-electron chi connectivity index (χ1n) is 7.65. The maximum Gasteiger partial charge on any atom is 0.430 e. The molecule has 0 bridgehead atoms. The fraction of sp³-hybridized carbons (Fsp3) is 0.167. The van der Waals surface area contributed by atoms with Gasteiger partial charge in [0.1, 0.15) is 5.69 Å². The van der Waals surface area contributed by atoms with E-state index < -0.39 is 6.09 Å². The minimum absolute atomic E-state index is 0.0139. The third-order valence-electron chi connectivity index (χ3n) is 3.62. The number of rotatable bonds is 4. The number of hydrogen-bond donors (Lipinski definition) is 1. The number of amides is 1. The van der Waals surface area contributed by atoms with Crippen molar-refractivity contribution in [2.24, 2.45) is 16.8 Å². The SMILES string of the molecule is CC(C)/C(=N/OC(N)=O)c1c(-c2ccccc2)nn2ccccc12. The maximum atomic E-state index is 11.0. The van der Waals surface area contributed by atoms with Gasteiger partial charge >= 0.3 is 6.09 Å². The Labute approximate surface area is 139 Å². The molecule has 6 nitrogen and oxygen atoms in total. The Hall–Kier alpha value is -3.15. The molecule has 0 unspecified atom stereocenters. The topological polar surface area (TPSA) is 82.0 Å². The molecular formula is C18H18N4O2. The lowest BCUT2D eigenvalue weighted by atomic mass is 9.96. The van der Waals surface area contributed by atoms with Crippen molar-refractivity contribution in [3.05, 3.63) is 60.3 Å². The number of nitrogens with zero attached hydrogens (tertiary/aromatic N) is 3. The van der Waals surface area contributed by atoms with Crippen LogP contribution >= 0.6 is 0 Å². The maximum absolute atomic E-state index is 11.0. The lowest BCUT2D eigenvalue weighted by Gasteiger charge is -2.10. The van der Waals surface area contributed by atoms with Crippen LogP contribution in [-0.4, -0.2) is 21.4 Å². The summed E-state index contributed by atoms with van der Waals surface area (Å²) in [5.74, 6) is 0.0139. The molecule has 0 saturated heterocycles. The zero-order chi connectivity index (χ0) is 17.1. The molecule has 3 rings (SSSR count). The van der Waals surface area contributed by atoms with Gasteiger partial charge in [-0.1, -0.05) is 55.4 Å². The van der Waals surface area contributed by atoms with Gasteiger partial charge in [0.05, 0.1) is 16.8 Å². The Kier molecular flexibility index (Phi) is 4.29. The van der Waals surface area contributed by atoms with E-state index in [9.17, 15) is 4.79 Å². The average Bonchev–Trinajstić information content (AvgIpc) is 2.95. The number of pyridine rings is 1. The molecule has 0 radical (unpaired) electrons. The Morgan fingerprint density at radius 2 is 1.88 bits per heavy atom. The third kappa shape index (κ3) is 2.99. The van der Waals surface area contributed by atoms with E-state index in [1.54, 1.807) is 4.52 Å². The predicted octanol–water partition coefficient (Wildman–Crippen LogP) is 3.46. The molecular weight excluding hydrogens is 304 g/mol. The molecule has 122 valence electrons. The van der Waals surface area contributed by atoms with Crippen LogP contribution in [0.15, 0.2) is 59.9 Å². The first kappa shape index (κ1) is 15.7. The monoisotopic (exact) mass is 322 g/mol. The highest BCUT2D eigenvalue weighted by Crippen LogP contribution is 2.29. The largest absolute Gasteiger partial charge is 0.430 e. The number of primary amides is 1. The summed E-state index contributed by atoms with van der Waals surface area (Å²) in [5.41, 5.74) is 9.15. The summed E-state index contributed by atoms with van der Waals surface area (Å²) < 4.78 is 1.79. The Morgan fingerprint density at radius 1 is 1.17 bits per heavy atom. The molecule has 2 N–H and O–H groups in total. The minimum atomic E-state index is -0.939. The van der Waals surface area contributed by atoms with Gasteiger partial charge in [-0.15, -0.1) is 0 Å². The highest BCUT2D eigenvalue weighted by Gasteiger charge is 2.22. The van der Waals surface area contributed by atoms with E-state index >= 15 is 0 Å². The van der Waals surface area contributed by atoms with E-state index in [0.717, 1.165) is 22.3 Å². The van der Waals surface area contributed by atoms with E-state index in [2.05, 4.69) is 10.3 Å². The number of carbonyl (C=O) groups excluding carboxylic acids is 1. The van der Waals surface area contributed by atoms with Crippen LogP contribution in [0, 0.1) is 5.92 Å². The molecule has 3 aromatic rings. The highest BCUT2D eigenvalue weighted by molar-refractivity contribution is 6.11. The van der Waals surface area contributed by atoms with Crippen LogP contribution in [0.2, 0.25) is 0 Å². The van der Waals surface area contributed by atoms with Crippen LogP contribution in [0.25, 0.3) is 16.8 Å². The van der Waals surface area contributed by atoms with Crippen LogP contribution in [0.3, 0.4) is 0 Å². The number of fused-ring (bicyclic) bond motifs is 1. The molecule has 0 aliphatic carbocycles. The molecule has 0 aliphatic heterocycles. The van der Waals surface area contributed by atoms with Crippen molar-refractivity contribution in [1.29, 1.82) is 0 Å². The van der Waals surface area contributed by atoms with Crippen LogP contribution in [-0.2, 0) is 4.84 Å². The number of oxime groups is 1. The summed E-state index contributed by atoms with van der Waals surface area (Å²) in [6.45, 7) is 3.95. The molecule has 6 heteroatoms. The number of carbonyl (C=O) groups is 1. The number of hydrogen-bond acceptors (Lipinski definition) is 4. The first-order chi connectivity index (χ1) is 11.6. The summed E-state index contributed by atoms with van der Waals surface area (Å²) in [6.07, 6.45) is 0.934. The molecule has 24 heavy (non-hydrogen) atoms. The van der Waals surface area contributed by atoms with Crippen molar-refractivity contribution in [2.45, 2.75) is 13.8 Å². The van der Waals surface area contributed by atoms with Crippen LogP contribution in [0.1, 0.15) is 19.4 Å². The molecule has 0 fully saturated rings. The van der Waals surface area contributed by atoms with Gasteiger partial charge in [-0.05, 0) is 18.1 Å². The quantitative estimate of drug-likeness (QED) is 0.454. The Morgan fingerprint density at radius 3 is 2.54 bits per heavy atom. The Bertz CT molecular complexity index is 898. The second-order valence-corrected chi connectivity index (χ2v) is 5.66. The van der Waals surface area contributed by atoms with E-state index in [1.165, 1.54) is 0 Å². The van der Waals surface area contributed by atoms with Crippen LogP contribution in [0.4, 0.5) is 4.79 Å². The standard InChI is InChI=1S/C18H18N4O2/c1-12(2)16(21-24-18(19)23)15-14-10-6-7-11-22(14)20-17(15)13-8-4-3-5-9-13/h3-12H,1-2H3,(H2,19,23)/b21-16-. The molecule has 0 aliphatic rings. The van der Waals surface area contributed by atoms with Crippen LogP contribution < -0.4 is 5.73 Å². The zero-order valence-electron chi connectivity index (χ0n) is 13.5. The minimum Gasteiger partial charge on any atom is -0.333 e. The summed E-state index contributed by atoms with van der Waals surface area (Å²) in [5, 5.41) is 8.67. The molecule has 1 amide bonds. The van der Waals surface area contributed by atoms with Crippen molar-refractivity contribution in [1.82, 2.24) is 9.61 Å². The lowest BCUT2D eigenvalue weighted by molar-refractivity contribution is 0.161. The fourth-order valence-corrected chi connectivity index (χ4v) is 2.58. The van der Waals surface area contributed by atoms with Crippen molar-refractivity contribution < 1.29 is 9.63 Å². The summed E-state index contributed by atoms with van der Waals surface area (Å²) in [7, 11) is 0. The number of nitrogens with two attached hydrogens (primary N) is 1. The van der Waals surface area contributed by atoms with E-state index in [4.69, 9.17) is 10.6 Å². The zero-order valence-corrected chi connectivity index (χ0v) is 13.5. The third-order valence-corrected chi connectivity index (χ3v) is 3.62. The van der Waals surface area contributed by atoms with E-state index in [1.807, 2.05) is 68.6 Å². The molecule has 0 saturated carbocycles. The van der Waals surface area contributed by atoms with Crippen molar-refractivity contribution in [3.8, 4) is 11.3 Å². The van der Waals surface area contributed by atoms with Gasteiger partial charge in [0.25, 0.3) is 0 Å². The van der Waals surface area contributed by atoms with Crippen molar-refractivity contribution >= 4 is 17.3 Å². The molecule has 1 aromatic carbocycles. The lowest BCUT2D eigenvalue weighted by Crippen LogP contribution is -2.15. The second-order valence-electron chi connectivity index (χ2n) is 5.66. The second kappa shape index (κ2) is 6.54. The van der Waals surface area contributed by atoms with Gasteiger partial charge in [-0.3, -0.25) is 4.84 Å². The van der Waals surface area contributed by atoms with E-state index in [0.29, 0.717) is 5.71 Å². The predicted molar refractivity (Wildman–Crippen MR) is 92.7 cm³/mol. The Balaban J connectivity index is 2.28. The first-order valence-corrected chi connectivity index (χ1v) is 7.65. The number of benzene rings is 1. The smallest absolute Gasteiger partial charge is 0.333 e. The molecule has 0 spiro atoms. The normalized spacial score (nSPS) is 11.9.